The molecule has 0 saturated heterocycles. The fourth-order valence-corrected chi connectivity index (χ4v) is 4.60. The van der Waals surface area contributed by atoms with Crippen LogP contribution in [0.2, 0.25) is 0 Å². The van der Waals surface area contributed by atoms with Gasteiger partial charge in [-0.2, -0.15) is 0 Å². The first-order valence-corrected chi connectivity index (χ1v) is 11.4. The lowest BCUT2D eigenvalue weighted by Crippen LogP contribution is -2.01. The van der Waals surface area contributed by atoms with Crippen molar-refractivity contribution in [3.05, 3.63) is 107 Å². The fraction of sp³-hybridized carbons (Fsp3) is 0.103. The van der Waals surface area contributed by atoms with E-state index >= 15 is 0 Å². The molecule has 0 aliphatic rings. The van der Waals surface area contributed by atoms with Gasteiger partial charge < -0.3 is 14.9 Å². The SMILES string of the molecule is COc1ccc2c(ccc3c2nc(Cc2ccccc2)c2nc(Cc4ccc(O)cc4)c(O)n23)c1. The van der Waals surface area contributed by atoms with E-state index in [0.29, 0.717) is 24.2 Å². The third-order valence-corrected chi connectivity index (χ3v) is 6.37. The number of nitrogens with zero attached hydrogens (tertiary/aromatic N) is 3. The lowest BCUT2D eigenvalue weighted by Gasteiger charge is -2.11. The highest BCUT2D eigenvalue weighted by atomic mass is 16.5. The van der Waals surface area contributed by atoms with Gasteiger partial charge in [-0.1, -0.05) is 48.5 Å². The zero-order valence-electron chi connectivity index (χ0n) is 19.1. The van der Waals surface area contributed by atoms with Crippen molar-refractivity contribution in [1.82, 2.24) is 14.4 Å². The first-order valence-electron chi connectivity index (χ1n) is 11.4. The standard InChI is InChI=1S/C29H23N3O3/c1-35-22-12-13-23-20(17-22)9-14-26-27(23)30-24(15-18-5-3-2-4-6-18)28-31-25(29(34)32(26)28)16-19-7-10-21(33)11-8-19/h2-14,17,33-34H,15-16H2,1H3. The molecule has 4 aromatic carbocycles. The van der Waals surface area contributed by atoms with Crippen LogP contribution in [0.5, 0.6) is 17.4 Å². The topological polar surface area (TPSA) is 79.9 Å². The van der Waals surface area contributed by atoms with Gasteiger partial charge in [0.1, 0.15) is 17.2 Å². The fourth-order valence-electron chi connectivity index (χ4n) is 4.60. The Hall–Kier alpha value is -4.58. The summed E-state index contributed by atoms with van der Waals surface area (Å²) in [5.41, 5.74) is 5.64. The summed E-state index contributed by atoms with van der Waals surface area (Å²) in [5.74, 6) is 1.09. The molecule has 2 N–H and O–H groups in total. The molecule has 0 aliphatic heterocycles. The van der Waals surface area contributed by atoms with Crippen LogP contribution in [0.1, 0.15) is 22.5 Å². The summed E-state index contributed by atoms with van der Waals surface area (Å²) in [5, 5.41) is 23.0. The van der Waals surface area contributed by atoms with Crippen LogP contribution in [0.4, 0.5) is 0 Å². The Morgan fingerprint density at radius 2 is 1.51 bits per heavy atom. The molecule has 0 spiro atoms. The quantitative estimate of drug-likeness (QED) is 0.325. The molecule has 0 bridgehead atoms. The number of phenolic OH excluding ortho intramolecular Hbond substituents is 1. The van der Waals surface area contributed by atoms with Gasteiger partial charge in [-0.25, -0.2) is 9.97 Å². The molecule has 0 atom stereocenters. The number of benzene rings is 4. The van der Waals surface area contributed by atoms with Crippen molar-refractivity contribution in [3.63, 3.8) is 0 Å². The first-order chi connectivity index (χ1) is 17.1. The van der Waals surface area contributed by atoms with Gasteiger partial charge in [0.05, 0.1) is 23.8 Å². The summed E-state index contributed by atoms with van der Waals surface area (Å²) in [7, 11) is 1.65. The van der Waals surface area contributed by atoms with Crippen LogP contribution >= 0.6 is 0 Å². The third kappa shape index (κ3) is 3.69. The van der Waals surface area contributed by atoms with Crippen LogP contribution in [0.25, 0.3) is 27.5 Å². The summed E-state index contributed by atoms with van der Waals surface area (Å²) in [6, 6.07) is 27.0. The summed E-state index contributed by atoms with van der Waals surface area (Å²) in [6.07, 6.45) is 1.02. The molecule has 6 rings (SSSR count). The molecule has 2 aromatic heterocycles. The van der Waals surface area contributed by atoms with Crippen molar-refractivity contribution in [3.8, 4) is 17.4 Å². The van der Waals surface area contributed by atoms with Crippen LogP contribution < -0.4 is 4.74 Å². The lowest BCUT2D eigenvalue weighted by atomic mass is 10.1. The zero-order valence-corrected chi connectivity index (χ0v) is 19.1. The molecule has 0 amide bonds. The Morgan fingerprint density at radius 3 is 2.29 bits per heavy atom. The molecule has 0 aliphatic carbocycles. The first kappa shape index (κ1) is 21.0. The van der Waals surface area contributed by atoms with E-state index in [1.165, 1.54) is 0 Å². The Bertz CT molecular complexity index is 1690. The Labute approximate surface area is 201 Å². The summed E-state index contributed by atoms with van der Waals surface area (Å²) < 4.78 is 7.21. The Morgan fingerprint density at radius 1 is 0.771 bits per heavy atom. The van der Waals surface area contributed by atoms with Gasteiger partial charge in [-0.05, 0) is 52.9 Å². The predicted molar refractivity (Wildman–Crippen MR) is 136 cm³/mol. The van der Waals surface area contributed by atoms with Gasteiger partial charge in [0.15, 0.2) is 5.65 Å². The number of aromatic hydroxyl groups is 2. The van der Waals surface area contributed by atoms with E-state index in [9.17, 15) is 10.2 Å². The number of phenols is 1. The Balaban J connectivity index is 1.61. The monoisotopic (exact) mass is 461 g/mol. The smallest absolute Gasteiger partial charge is 0.220 e. The zero-order chi connectivity index (χ0) is 23.9. The average molecular weight is 462 g/mol. The van der Waals surface area contributed by atoms with Crippen LogP contribution in [0.15, 0.2) is 84.9 Å². The van der Waals surface area contributed by atoms with Gasteiger partial charge in [0, 0.05) is 18.2 Å². The van der Waals surface area contributed by atoms with E-state index in [1.54, 1.807) is 23.6 Å². The molecule has 0 radical (unpaired) electrons. The van der Waals surface area contributed by atoms with Crippen LogP contribution in [0.3, 0.4) is 0 Å². The molecular formula is C29H23N3O3. The molecule has 0 unspecified atom stereocenters. The van der Waals surface area contributed by atoms with Crippen LogP contribution in [-0.4, -0.2) is 31.7 Å². The minimum absolute atomic E-state index is 0.0997. The van der Waals surface area contributed by atoms with Crippen molar-refractivity contribution in [2.45, 2.75) is 12.8 Å². The largest absolute Gasteiger partial charge is 0.508 e. The van der Waals surface area contributed by atoms with Gasteiger partial charge in [0.25, 0.3) is 0 Å². The van der Waals surface area contributed by atoms with Gasteiger partial charge in [-0.3, -0.25) is 4.40 Å². The molecular weight excluding hydrogens is 438 g/mol. The summed E-state index contributed by atoms with van der Waals surface area (Å²) in [6.45, 7) is 0. The van der Waals surface area contributed by atoms with E-state index in [1.807, 2.05) is 60.7 Å². The lowest BCUT2D eigenvalue weighted by molar-refractivity contribution is 0.415. The molecule has 0 saturated carbocycles. The van der Waals surface area contributed by atoms with Crippen LogP contribution in [-0.2, 0) is 12.8 Å². The number of hydrogen-bond donors (Lipinski definition) is 2. The van der Waals surface area contributed by atoms with E-state index in [4.69, 9.17) is 14.7 Å². The second kappa shape index (κ2) is 8.33. The van der Waals surface area contributed by atoms with Gasteiger partial charge >= 0.3 is 0 Å². The molecule has 172 valence electrons. The number of fused-ring (bicyclic) bond motifs is 5. The van der Waals surface area contributed by atoms with E-state index in [2.05, 4.69) is 12.1 Å². The molecule has 6 nitrogen and oxygen atoms in total. The van der Waals surface area contributed by atoms with Crippen molar-refractivity contribution in [2.75, 3.05) is 7.11 Å². The second-order valence-electron chi connectivity index (χ2n) is 8.63. The number of imidazole rings is 1. The number of hydrogen-bond acceptors (Lipinski definition) is 5. The average Bonchev–Trinajstić information content (AvgIpc) is 3.22. The minimum Gasteiger partial charge on any atom is -0.508 e. The summed E-state index contributed by atoms with van der Waals surface area (Å²) in [4.78, 5) is 9.94. The predicted octanol–water partition coefficient (Wildman–Crippen LogP) is 5.64. The highest BCUT2D eigenvalue weighted by molar-refractivity contribution is 6.05. The van der Waals surface area contributed by atoms with Crippen molar-refractivity contribution in [2.24, 2.45) is 0 Å². The van der Waals surface area contributed by atoms with E-state index < -0.39 is 0 Å². The molecule has 35 heavy (non-hydrogen) atoms. The maximum atomic E-state index is 11.4. The number of ether oxygens (including phenoxy) is 1. The number of methoxy groups -OCH3 is 1. The molecule has 0 fully saturated rings. The molecule has 6 heteroatoms. The van der Waals surface area contributed by atoms with E-state index in [-0.39, 0.29) is 11.6 Å². The van der Waals surface area contributed by atoms with Crippen molar-refractivity contribution >= 4 is 27.5 Å². The molecule has 2 heterocycles. The third-order valence-electron chi connectivity index (χ3n) is 6.37. The van der Waals surface area contributed by atoms with Crippen molar-refractivity contribution < 1.29 is 14.9 Å². The number of aromatic nitrogens is 3. The van der Waals surface area contributed by atoms with Gasteiger partial charge in [0.2, 0.25) is 5.88 Å². The normalized spacial score (nSPS) is 11.5. The highest BCUT2D eigenvalue weighted by Crippen LogP contribution is 2.33. The minimum atomic E-state index is 0.0997. The van der Waals surface area contributed by atoms with Crippen LogP contribution in [0, 0.1) is 0 Å². The maximum Gasteiger partial charge on any atom is 0.220 e. The molecule has 6 aromatic rings. The number of rotatable bonds is 5. The maximum absolute atomic E-state index is 11.4. The second-order valence-corrected chi connectivity index (χ2v) is 8.63. The van der Waals surface area contributed by atoms with E-state index in [0.717, 1.165) is 44.4 Å². The van der Waals surface area contributed by atoms with Gasteiger partial charge in [-0.15, -0.1) is 0 Å². The highest BCUT2D eigenvalue weighted by Gasteiger charge is 2.20. The van der Waals surface area contributed by atoms with Crippen molar-refractivity contribution in [1.29, 1.82) is 0 Å². The summed E-state index contributed by atoms with van der Waals surface area (Å²) >= 11 is 0. The Kier molecular flexibility index (Phi) is 4.99.